The molecule has 1 aromatic carbocycles. The number of unbranched alkanes of at least 4 members (excludes halogenated alkanes) is 4. The minimum Gasteiger partial charge on any atom is -0.352 e. The van der Waals surface area contributed by atoms with Gasteiger partial charge in [-0.2, -0.15) is 13.2 Å². The van der Waals surface area contributed by atoms with E-state index in [1.54, 1.807) is 0 Å². The minimum atomic E-state index is -4.67. The van der Waals surface area contributed by atoms with Crippen molar-refractivity contribution in [3.63, 3.8) is 0 Å². The van der Waals surface area contributed by atoms with E-state index in [-0.39, 0.29) is 5.56 Å². The molecule has 0 unspecified atom stereocenters. The lowest BCUT2D eigenvalue weighted by molar-refractivity contribution is -0.137. The van der Waals surface area contributed by atoms with Gasteiger partial charge in [0.15, 0.2) is 0 Å². The van der Waals surface area contributed by atoms with E-state index in [4.69, 9.17) is 0 Å². The first-order valence-electron chi connectivity index (χ1n) is 7.00. The summed E-state index contributed by atoms with van der Waals surface area (Å²) in [7, 11) is 0. The number of alkyl halides is 3. The second-order valence-electron chi connectivity index (χ2n) is 4.90. The van der Waals surface area contributed by atoms with Crippen molar-refractivity contribution in [3.8, 4) is 0 Å². The van der Waals surface area contributed by atoms with Crippen LogP contribution in [0.25, 0.3) is 0 Å². The van der Waals surface area contributed by atoms with Gasteiger partial charge in [-0.15, -0.1) is 0 Å². The third-order valence-corrected chi connectivity index (χ3v) is 3.05. The SMILES string of the molecule is CCCCCCCNC(=O)c1cc(F)cc(C(F)(F)F)c1. The monoisotopic (exact) mass is 305 g/mol. The fourth-order valence-electron chi connectivity index (χ4n) is 1.92. The van der Waals surface area contributed by atoms with Gasteiger partial charge in [0.1, 0.15) is 5.82 Å². The number of carbonyl (C=O) groups is 1. The van der Waals surface area contributed by atoms with Crippen LogP contribution in [0.1, 0.15) is 54.9 Å². The first-order valence-corrected chi connectivity index (χ1v) is 7.00. The Kier molecular flexibility index (Phi) is 6.65. The van der Waals surface area contributed by atoms with Crippen molar-refractivity contribution in [1.29, 1.82) is 0 Å². The minimum absolute atomic E-state index is 0.309. The second-order valence-corrected chi connectivity index (χ2v) is 4.90. The van der Waals surface area contributed by atoms with Crippen LogP contribution in [-0.2, 0) is 6.18 Å². The Morgan fingerprint density at radius 2 is 1.76 bits per heavy atom. The Balaban J connectivity index is 2.56. The first-order chi connectivity index (χ1) is 9.84. The van der Waals surface area contributed by atoms with E-state index in [2.05, 4.69) is 12.2 Å². The van der Waals surface area contributed by atoms with Gasteiger partial charge < -0.3 is 5.32 Å². The summed E-state index contributed by atoms with van der Waals surface area (Å²) in [5.74, 6) is -1.76. The number of carbonyl (C=O) groups excluding carboxylic acids is 1. The number of hydrogen-bond donors (Lipinski definition) is 1. The van der Waals surface area contributed by atoms with Gasteiger partial charge in [-0.3, -0.25) is 4.79 Å². The molecule has 1 rings (SSSR count). The van der Waals surface area contributed by atoms with Crippen LogP contribution in [0.5, 0.6) is 0 Å². The molecule has 0 aliphatic rings. The molecule has 0 aliphatic carbocycles. The lowest BCUT2D eigenvalue weighted by Gasteiger charge is -2.10. The number of halogens is 4. The fraction of sp³-hybridized carbons (Fsp3) is 0.533. The van der Waals surface area contributed by atoms with Gasteiger partial charge in [0.2, 0.25) is 0 Å². The van der Waals surface area contributed by atoms with Crippen molar-refractivity contribution in [2.45, 2.75) is 45.2 Å². The smallest absolute Gasteiger partial charge is 0.352 e. The zero-order valence-electron chi connectivity index (χ0n) is 11.9. The molecule has 0 radical (unpaired) electrons. The molecule has 0 aromatic heterocycles. The molecule has 1 aromatic rings. The molecular weight excluding hydrogens is 286 g/mol. The van der Waals surface area contributed by atoms with Crippen molar-refractivity contribution in [2.75, 3.05) is 6.54 Å². The predicted molar refractivity (Wildman–Crippen MR) is 72.5 cm³/mol. The van der Waals surface area contributed by atoms with E-state index >= 15 is 0 Å². The molecule has 0 spiro atoms. The average molecular weight is 305 g/mol. The highest BCUT2D eigenvalue weighted by Gasteiger charge is 2.31. The van der Waals surface area contributed by atoms with Crippen LogP contribution in [0, 0.1) is 5.82 Å². The molecule has 0 fully saturated rings. The van der Waals surface area contributed by atoms with Crippen molar-refractivity contribution in [1.82, 2.24) is 5.32 Å². The maximum Gasteiger partial charge on any atom is 0.416 e. The van der Waals surface area contributed by atoms with Crippen molar-refractivity contribution in [3.05, 3.63) is 35.1 Å². The van der Waals surface area contributed by atoms with Gasteiger partial charge in [0, 0.05) is 12.1 Å². The van der Waals surface area contributed by atoms with Crippen LogP contribution in [0.3, 0.4) is 0 Å². The Morgan fingerprint density at radius 1 is 1.10 bits per heavy atom. The summed E-state index contributed by atoms with van der Waals surface area (Å²) >= 11 is 0. The number of amides is 1. The number of nitrogens with one attached hydrogen (secondary N) is 1. The Labute approximate surface area is 121 Å². The molecule has 118 valence electrons. The highest BCUT2D eigenvalue weighted by Crippen LogP contribution is 2.30. The Bertz CT molecular complexity index is 471. The average Bonchev–Trinajstić information content (AvgIpc) is 2.40. The number of hydrogen-bond acceptors (Lipinski definition) is 1. The molecule has 2 nitrogen and oxygen atoms in total. The summed E-state index contributed by atoms with van der Waals surface area (Å²) in [5.41, 5.74) is -1.47. The van der Waals surface area contributed by atoms with Crippen molar-refractivity contribution >= 4 is 5.91 Å². The predicted octanol–water partition coefficient (Wildman–Crippen LogP) is 4.54. The molecule has 0 saturated heterocycles. The van der Waals surface area contributed by atoms with E-state index in [0.29, 0.717) is 18.7 Å². The van der Waals surface area contributed by atoms with E-state index in [0.717, 1.165) is 38.2 Å². The van der Waals surface area contributed by atoms with Gasteiger partial charge in [-0.25, -0.2) is 4.39 Å². The van der Waals surface area contributed by atoms with E-state index < -0.39 is 23.5 Å². The summed E-state index contributed by atoms with van der Waals surface area (Å²) in [6, 6.07) is 1.85. The van der Waals surface area contributed by atoms with E-state index in [9.17, 15) is 22.4 Å². The summed E-state index contributed by atoms with van der Waals surface area (Å²) in [4.78, 5) is 11.7. The zero-order chi connectivity index (χ0) is 15.9. The molecule has 1 N–H and O–H groups in total. The Hall–Kier alpha value is -1.59. The van der Waals surface area contributed by atoms with E-state index in [1.165, 1.54) is 0 Å². The van der Waals surface area contributed by atoms with Crippen LogP contribution in [-0.4, -0.2) is 12.5 Å². The molecule has 1 amide bonds. The molecule has 6 heteroatoms. The van der Waals surface area contributed by atoms with Crippen LogP contribution in [0.2, 0.25) is 0 Å². The zero-order valence-corrected chi connectivity index (χ0v) is 11.9. The standard InChI is InChI=1S/C15H19F4NO/c1-2-3-4-5-6-7-20-14(21)11-8-12(15(17,18)19)10-13(16)9-11/h8-10H,2-7H2,1H3,(H,20,21). The normalized spacial score (nSPS) is 11.5. The van der Waals surface area contributed by atoms with Gasteiger partial charge in [0.05, 0.1) is 5.56 Å². The second kappa shape index (κ2) is 8.00. The third-order valence-electron chi connectivity index (χ3n) is 3.05. The van der Waals surface area contributed by atoms with Crippen molar-refractivity contribution in [2.24, 2.45) is 0 Å². The van der Waals surface area contributed by atoms with Gasteiger partial charge in [-0.1, -0.05) is 32.6 Å². The molecule has 0 bridgehead atoms. The summed E-state index contributed by atoms with van der Waals surface area (Å²) in [6.07, 6.45) is 0.322. The number of rotatable bonds is 7. The highest BCUT2D eigenvalue weighted by molar-refractivity contribution is 5.94. The lowest BCUT2D eigenvalue weighted by atomic mass is 10.1. The maximum absolute atomic E-state index is 13.2. The fourth-order valence-corrected chi connectivity index (χ4v) is 1.92. The largest absolute Gasteiger partial charge is 0.416 e. The molecule has 0 saturated carbocycles. The van der Waals surface area contributed by atoms with Crippen LogP contribution < -0.4 is 5.32 Å². The number of benzene rings is 1. The van der Waals surface area contributed by atoms with Gasteiger partial charge >= 0.3 is 6.18 Å². The lowest BCUT2D eigenvalue weighted by Crippen LogP contribution is -2.25. The first kappa shape index (κ1) is 17.5. The maximum atomic E-state index is 13.2. The van der Waals surface area contributed by atoms with Crippen molar-refractivity contribution < 1.29 is 22.4 Å². The quantitative estimate of drug-likeness (QED) is 0.581. The van der Waals surface area contributed by atoms with Gasteiger partial charge in [-0.05, 0) is 24.6 Å². The van der Waals surface area contributed by atoms with E-state index in [1.807, 2.05) is 0 Å². The summed E-state index contributed by atoms with van der Waals surface area (Å²) < 4.78 is 50.8. The topological polar surface area (TPSA) is 29.1 Å². The summed E-state index contributed by atoms with van der Waals surface area (Å²) in [6.45, 7) is 2.46. The molecular formula is C15H19F4NO. The molecule has 21 heavy (non-hydrogen) atoms. The molecule has 0 aliphatic heterocycles. The summed E-state index contributed by atoms with van der Waals surface area (Å²) in [5, 5.41) is 2.51. The highest BCUT2D eigenvalue weighted by atomic mass is 19.4. The van der Waals surface area contributed by atoms with Crippen LogP contribution in [0.15, 0.2) is 18.2 Å². The van der Waals surface area contributed by atoms with Crippen LogP contribution in [0.4, 0.5) is 17.6 Å². The Morgan fingerprint density at radius 3 is 2.38 bits per heavy atom. The third kappa shape index (κ3) is 6.14. The molecule has 0 atom stereocenters. The molecule has 0 heterocycles. The van der Waals surface area contributed by atoms with Crippen LogP contribution >= 0.6 is 0 Å². The van der Waals surface area contributed by atoms with Gasteiger partial charge in [0.25, 0.3) is 5.91 Å².